The second-order valence-electron chi connectivity index (χ2n) is 6.32. The summed E-state index contributed by atoms with van der Waals surface area (Å²) in [5, 5.41) is 4.63. The Morgan fingerprint density at radius 3 is 2.23 bits per heavy atom. The van der Waals surface area contributed by atoms with Gasteiger partial charge in [-0.15, -0.1) is 0 Å². The van der Waals surface area contributed by atoms with Gasteiger partial charge in [0.15, 0.2) is 9.84 Å². The van der Waals surface area contributed by atoms with Gasteiger partial charge in [0.25, 0.3) is 0 Å². The van der Waals surface area contributed by atoms with E-state index in [1.807, 2.05) is 36.4 Å². The molecule has 0 aromatic heterocycles. The summed E-state index contributed by atoms with van der Waals surface area (Å²) in [5.41, 5.74) is 4.21. The third kappa shape index (κ3) is 4.62. The molecule has 1 aliphatic rings. The lowest BCUT2D eigenvalue weighted by Crippen LogP contribution is -2.34. The Morgan fingerprint density at radius 2 is 1.69 bits per heavy atom. The van der Waals surface area contributed by atoms with Crippen molar-refractivity contribution in [3.8, 4) is 0 Å². The maximum Gasteiger partial charge on any atom is 0.167 e. The zero-order chi connectivity index (χ0) is 18.6. The fraction of sp³-hybridized carbons (Fsp3) is 0.316. The van der Waals surface area contributed by atoms with E-state index >= 15 is 0 Å². The Labute approximate surface area is 154 Å². The van der Waals surface area contributed by atoms with Crippen LogP contribution in [0, 0.1) is 0 Å². The normalized spacial score (nSPS) is 14.4. The highest BCUT2D eigenvalue weighted by Crippen LogP contribution is 2.16. The van der Waals surface area contributed by atoms with E-state index in [1.165, 1.54) is 11.1 Å². The molecule has 0 saturated heterocycles. The van der Waals surface area contributed by atoms with Crippen LogP contribution in [-0.2, 0) is 16.3 Å². The summed E-state index contributed by atoms with van der Waals surface area (Å²) in [4.78, 5) is 4.42. The van der Waals surface area contributed by atoms with Crippen molar-refractivity contribution in [2.45, 2.75) is 13.3 Å². The third-order valence-corrected chi connectivity index (χ3v) is 5.85. The topological polar surface area (TPSA) is 87.8 Å². The number of sulfone groups is 1. The van der Waals surface area contributed by atoms with Crippen molar-refractivity contribution in [2.75, 3.05) is 30.0 Å². The molecule has 0 radical (unpaired) electrons. The molecule has 0 atom stereocenters. The number of benzene rings is 2. The first-order valence-electron chi connectivity index (χ1n) is 8.66. The van der Waals surface area contributed by atoms with Gasteiger partial charge in [-0.2, -0.15) is 0 Å². The fourth-order valence-electron chi connectivity index (χ4n) is 2.76. The Morgan fingerprint density at radius 1 is 1.08 bits per heavy atom. The maximum absolute atomic E-state index is 11.5. The number of anilines is 1. The molecular weight excluding hydrogens is 348 g/mol. The van der Waals surface area contributed by atoms with Gasteiger partial charge in [-0.3, -0.25) is 10.0 Å². The summed E-state index contributed by atoms with van der Waals surface area (Å²) < 4.78 is 23.1. The molecule has 7 heteroatoms. The molecule has 2 aromatic carbocycles. The van der Waals surface area contributed by atoms with Crippen LogP contribution < -0.4 is 11.2 Å². The van der Waals surface area contributed by atoms with Crippen molar-refractivity contribution < 1.29 is 8.42 Å². The lowest BCUT2D eigenvalue weighted by molar-refractivity contribution is 0.484. The quantitative estimate of drug-likeness (QED) is 0.726. The van der Waals surface area contributed by atoms with Crippen LogP contribution in [0.2, 0.25) is 0 Å². The molecule has 0 aliphatic carbocycles. The highest BCUT2D eigenvalue weighted by atomic mass is 32.2. The minimum absolute atomic E-state index is 0.0354. The zero-order valence-corrected chi connectivity index (χ0v) is 15.7. The number of hydrogen-bond donors (Lipinski definition) is 2. The molecule has 138 valence electrons. The molecule has 6 nitrogen and oxygen atoms in total. The summed E-state index contributed by atoms with van der Waals surface area (Å²) >= 11 is 0. The predicted molar refractivity (Wildman–Crippen MR) is 106 cm³/mol. The summed E-state index contributed by atoms with van der Waals surface area (Å²) in [5.74, 6) is 6.85. The lowest BCUT2D eigenvalue weighted by Gasteiger charge is -2.13. The van der Waals surface area contributed by atoms with Crippen molar-refractivity contribution in [3.63, 3.8) is 0 Å². The Hall–Kier alpha value is -2.38. The zero-order valence-electron chi connectivity index (χ0n) is 14.9. The summed E-state index contributed by atoms with van der Waals surface area (Å²) in [7, 11) is -3.02. The van der Waals surface area contributed by atoms with Gasteiger partial charge in [0.1, 0.15) is 11.7 Å². The highest BCUT2D eigenvalue weighted by molar-refractivity contribution is 7.91. The monoisotopic (exact) mass is 372 g/mol. The molecule has 2 aromatic rings. The van der Waals surface area contributed by atoms with Gasteiger partial charge >= 0.3 is 0 Å². The molecule has 26 heavy (non-hydrogen) atoms. The first-order valence-corrected chi connectivity index (χ1v) is 10.5. The van der Waals surface area contributed by atoms with Crippen molar-refractivity contribution >= 4 is 21.4 Å². The number of rotatable bonds is 7. The van der Waals surface area contributed by atoms with Crippen LogP contribution in [0.5, 0.6) is 0 Å². The third-order valence-electron chi connectivity index (χ3n) is 4.38. The van der Waals surface area contributed by atoms with Crippen LogP contribution in [-0.4, -0.2) is 44.0 Å². The maximum atomic E-state index is 11.5. The van der Waals surface area contributed by atoms with E-state index in [-0.39, 0.29) is 11.6 Å². The first-order chi connectivity index (χ1) is 12.5. The van der Waals surface area contributed by atoms with Gasteiger partial charge in [0.05, 0.1) is 13.1 Å². The Bertz CT molecular complexity index is 875. The van der Waals surface area contributed by atoms with E-state index in [4.69, 9.17) is 5.84 Å². The van der Waals surface area contributed by atoms with E-state index in [9.17, 15) is 8.42 Å². The predicted octanol–water partition coefficient (Wildman–Crippen LogP) is 2.02. The van der Waals surface area contributed by atoms with E-state index in [2.05, 4.69) is 22.4 Å². The van der Waals surface area contributed by atoms with Gasteiger partial charge in [-0.25, -0.2) is 14.3 Å². The van der Waals surface area contributed by atoms with Gasteiger partial charge < -0.3 is 5.32 Å². The average Bonchev–Trinajstić information content (AvgIpc) is 3.08. The number of aliphatic imine (C=N–C) groups is 1. The van der Waals surface area contributed by atoms with Crippen LogP contribution in [0.1, 0.15) is 23.6 Å². The van der Waals surface area contributed by atoms with Gasteiger partial charge in [-0.1, -0.05) is 43.3 Å². The van der Waals surface area contributed by atoms with Gasteiger partial charge in [-0.05, 0) is 29.7 Å². The molecule has 1 heterocycles. The van der Waals surface area contributed by atoms with Crippen molar-refractivity contribution in [1.82, 2.24) is 5.01 Å². The molecule has 0 amide bonds. The molecule has 3 N–H and O–H groups in total. The summed E-state index contributed by atoms with van der Waals surface area (Å²) in [6, 6.07) is 16.1. The second-order valence-corrected chi connectivity index (χ2v) is 8.68. The van der Waals surface area contributed by atoms with Crippen LogP contribution >= 0.6 is 0 Å². The van der Waals surface area contributed by atoms with Crippen molar-refractivity contribution in [3.05, 3.63) is 65.2 Å². The standard InChI is InChI=1S/C19H24N4O2S/c1-2-26(24,25)14-22-18-9-5-16(6-10-18)13-15-3-7-17(8-4-15)19-21-11-12-23(19)20/h3-10,22H,2,11-14,20H2,1H3. The number of nitrogens with two attached hydrogens (primary N) is 1. The average molecular weight is 372 g/mol. The van der Waals surface area contributed by atoms with E-state index in [0.717, 1.165) is 36.6 Å². The Kier molecular flexibility index (Phi) is 5.58. The molecule has 0 unspecified atom stereocenters. The van der Waals surface area contributed by atoms with Crippen molar-refractivity contribution in [2.24, 2.45) is 10.8 Å². The minimum Gasteiger partial charge on any atom is -0.372 e. The molecule has 0 fully saturated rings. The summed E-state index contributed by atoms with van der Waals surface area (Å²) in [6.07, 6.45) is 0.812. The van der Waals surface area contributed by atoms with Crippen molar-refractivity contribution in [1.29, 1.82) is 0 Å². The number of amidine groups is 1. The fourth-order valence-corrected chi connectivity index (χ4v) is 3.35. The van der Waals surface area contributed by atoms with Crippen LogP contribution in [0.25, 0.3) is 0 Å². The van der Waals surface area contributed by atoms with E-state index < -0.39 is 9.84 Å². The molecule has 0 saturated carbocycles. The molecule has 0 bridgehead atoms. The van der Waals surface area contributed by atoms with E-state index in [0.29, 0.717) is 0 Å². The molecule has 0 spiro atoms. The van der Waals surface area contributed by atoms with E-state index in [1.54, 1.807) is 11.9 Å². The molecule has 3 rings (SSSR count). The number of hydrazine groups is 1. The molecule has 1 aliphatic heterocycles. The Balaban J connectivity index is 1.60. The van der Waals surface area contributed by atoms with Gasteiger partial charge in [0, 0.05) is 17.0 Å². The number of hydrogen-bond acceptors (Lipinski definition) is 6. The first kappa shape index (κ1) is 18.4. The molecular formula is C19H24N4O2S. The highest BCUT2D eigenvalue weighted by Gasteiger charge is 2.14. The van der Waals surface area contributed by atoms with Gasteiger partial charge in [0.2, 0.25) is 0 Å². The number of nitrogens with one attached hydrogen (secondary N) is 1. The van der Waals surface area contributed by atoms with Crippen LogP contribution in [0.3, 0.4) is 0 Å². The second kappa shape index (κ2) is 7.88. The SMILES string of the molecule is CCS(=O)(=O)CNc1ccc(Cc2ccc(C3=NCCN3N)cc2)cc1. The lowest BCUT2D eigenvalue weighted by atomic mass is 10.0. The minimum atomic E-state index is -3.02. The largest absolute Gasteiger partial charge is 0.372 e. The smallest absolute Gasteiger partial charge is 0.167 e. The van der Waals surface area contributed by atoms with Crippen LogP contribution in [0.4, 0.5) is 5.69 Å². The number of nitrogens with zero attached hydrogens (tertiary/aromatic N) is 2. The summed E-state index contributed by atoms with van der Waals surface area (Å²) in [6.45, 7) is 3.15. The van der Waals surface area contributed by atoms with Crippen LogP contribution in [0.15, 0.2) is 53.5 Å².